The van der Waals surface area contributed by atoms with Gasteiger partial charge in [0.1, 0.15) is 9.84 Å². The molecule has 0 aliphatic rings. The Bertz CT molecular complexity index is 290. The standard InChI is InChI=1S/C8H18N2O3S2/c1-14-5-3-7(9)8(11)10-4-6-15(2,12)13/h7H,3-6,9H2,1-2H3,(H,10,11)/t7-/m1/s1. The third kappa shape index (κ3) is 8.71. The van der Waals surface area contributed by atoms with E-state index in [0.29, 0.717) is 6.42 Å². The molecule has 0 aliphatic heterocycles. The highest BCUT2D eigenvalue weighted by molar-refractivity contribution is 7.98. The number of hydrogen-bond donors (Lipinski definition) is 2. The lowest BCUT2D eigenvalue weighted by atomic mass is 10.2. The summed E-state index contributed by atoms with van der Waals surface area (Å²) < 4.78 is 21.5. The van der Waals surface area contributed by atoms with Crippen molar-refractivity contribution in [1.29, 1.82) is 0 Å². The van der Waals surface area contributed by atoms with Gasteiger partial charge < -0.3 is 11.1 Å². The van der Waals surface area contributed by atoms with E-state index in [0.717, 1.165) is 12.0 Å². The Morgan fingerprint density at radius 3 is 2.60 bits per heavy atom. The van der Waals surface area contributed by atoms with Crippen molar-refractivity contribution in [3.63, 3.8) is 0 Å². The second-order valence-electron chi connectivity index (χ2n) is 3.31. The van der Waals surface area contributed by atoms with Gasteiger partial charge in [-0.3, -0.25) is 4.79 Å². The monoisotopic (exact) mass is 254 g/mol. The summed E-state index contributed by atoms with van der Waals surface area (Å²) in [6.45, 7) is 0.130. The van der Waals surface area contributed by atoms with E-state index < -0.39 is 15.9 Å². The number of carbonyl (C=O) groups excluding carboxylic acids is 1. The lowest BCUT2D eigenvalue weighted by Crippen LogP contribution is -2.42. The number of nitrogens with two attached hydrogens (primary N) is 1. The van der Waals surface area contributed by atoms with E-state index >= 15 is 0 Å². The van der Waals surface area contributed by atoms with Crippen LogP contribution in [0.25, 0.3) is 0 Å². The highest BCUT2D eigenvalue weighted by Gasteiger charge is 2.12. The Kier molecular flexibility index (Phi) is 6.95. The van der Waals surface area contributed by atoms with Gasteiger partial charge in [-0.15, -0.1) is 0 Å². The molecule has 0 aromatic heterocycles. The van der Waals surface area contributed by atoms with Crippen molar-refractivity contribution in [2.45, 2.75) is 12.5 Å². The third-order valence-corrected chi connectivity index (χ3v) is 3.33. The van der Waals surface area contributed by atoms with Crippen LogP contribution in [0.5, 0.6) is 0 Å². The molecule has 1 atom stereocenters. The first-order chi connectivity index (χ1) is 6.87. The minimum absolute atomic E-state index is 0.0476. The topological polar surface area (TPSA) is 89.3 Å². The molecule has 0 aromatic rings. The van der Waals surface area contributed by atoms with Crippen LogP contribution in [0, 0.1) is 0 Å². The molecule has 0 aliphatic carbocycles. The summed E-state index contributed by atoms with van der Waals surface area (Å²) >= 11 is 1.62. The summed E-state index contributed by atoms with van der Waals surface area (Å²) in [5, 5.41) is 2.50. The van der Waals surface area contributed by atoms with Gasteiger partial charge >= 0.3 is 0 Å². The molecule has 5 nitrogen and oxygen atoms in total. The molecular formula is C8H18N2O3S2. The van der Waals surface area contributed by atoms with Crippen LogP contribution in [0.3, 0.4) is 0 Å². The summed E-state index contributed by atoms with van der Waals surface area (Å²) in [6.07, 6.45) is 3.67. The van der Waals surface area contributed by atoms with Gasteiger partial charge in [-0.2, -0.15) is 11.8 Å². The van der Waals surface area contributed by atoms with E-state index in [1.165, 1.54) is 0 Å². The maximum Gasteiger partial charge on any atom is 0.236 e. The number of rotatable bonds is 7. The number of hydrogen-bond acceptors (Lipinski definition) is 5. The van der Waals surface area contributed by atoms with Crippen molar-refractivity contribution >= 4 is 27.5 Å². The average Bonchev–Trinajstić information content (AvgIpc) is 2.11. The molecule has 3 N–H and O–H groups in total. The lowest BCUT2D eigenvalue weighted by Gasteiger charge is -2.10. The number of carbonyl (C=O) groups is 1. The molecule has 0 aromatic carbocycles. The molecule has 7 heteroatoms. The van der Waals surface area contributed by atoms with Crippen LogP contribution < -0.4 is 11.1 Å². The zero-order valence-corrected chi connectivity index (χ0v) is 10.7. The Balaban J connectivity index is 3.74. The van der Waals surface area contributed by atoms with Crippen molar-refractivity contribution in [2.24, 2.45) is 5.73 Å². The van der Waals surface area contributed by atoms with Gasteiger partial charge in [0.15, 0.2) is 0 Å². The zero-order valence-electron chi connectivity index (χ0n) is 9.02. The minimum atomic E-state index is -3.02. The summed E-state index contributed by atoms with van der Waals surface area (Å²) in [5.74, 6) is 0.488. The van der Waals surface area contributed by atoms with Crippen molar-refractivity contribution in [3.8, 4) is 0 Å². The van der Waals surface area contributed by atoms with E-state index in [1.54, 1.807) is 11.8 Å². The molecule has 0 fully saturated rings. The van der Waals surface area contributed by atoms with Gasteiger partial charge in [-0.05, 0) is 18.4 Å². The molecule has 0 saturated heterocycles. The Hall–Kier alpha value is -0.270. The maximum atomic E-state index is 11.3. The predicted molar refractivity (Wildman–Crippen MR) is 63.7 cm³/mol. The quantitative estimate of drug-likeness (QED) is 0.622. The largest absolute Gasteiger partial charge is 0.354 e. The fraction of sp³-hybridized carbons (Fsp3) is 0.875. The van der Waals surface area contributed by atoms with Gasteiger partial charge in [0.2, 0.25) is 5.91 Å². The SMILES string of the molecule is CSCC[C@@H](N)C(=O)NCCS(C)(=O)=O. The van der Waals surface area contributed by atoms with Gasteiger partial charge in [0, 0.05) is 12.8 Å². The lowest BCUT2D eigenvalue weighted by molar-refractivity contribution is -0.122. The second kappa shape index (κ2) is 7.08. The van der Waals surface area contributed by atoms with Crippen LogP contribution in [0.1, 0.15) is 6.42 Å². The fourth-order valence-corrected chi connectivity index (χ4v) is 1.83. The third-order valence-electron chi connectivity index (χ3n) is 1.74. The molecule has 0 rings (SSSR count). The molecular weight excluding hydrogens is 236 g/mol. The molecule has 1 amide bonds. The highest BCUT2D eigenvalue weighted by atomic mass is 32.2. The summed E-state index contributed by atoms with van der Waals surface area (Å²) in [5.41, 5.74) is 5.58. The molecule has 0 unspecified atom stereocenters. The van der Waals surface area contributed by atoms with Crippen LogP contribution in [0.15, 0.2) is 0 Å². The Labute approximate surface area is 95.1 Å². The first kappa shape index (κ1) is 14.7. The summed E-state index contributed by atoms with van der Waals surface area (Å²) in [6, 6.07) is -0.544. The predicted octanol–water partition coefficient (Wildman–Crippen LogP) is -0.772. The normalized spacial score (nSPS) is 13.5. The highest BCUT2D eigenvalue weighted by Crippen LogP contribution is 1.98. The molecule has 0 bridgehead atoms. The number of amides is 1. The zero-order chi connectivity index (χ0) is 11.9. The molecule has 0 heterocycles. The first-order valence-electron chi connectivity index (χ1n) is 4.57. The van der Waals surface area contributed by atoms with Gasteiger partial charge in [-0.25, -0.2) is 8.42 Å². The molecule has 0 radical (unpaired) electrons. The summed E-state index contributed by atoms with van der Waals surface area (Å²) in [4.78, 5) is 11.3. The van der Waals surface area contributed by atoms with Crippen molar-refractivity contribution in [1.82, 2.24) is 5.32 Å². The first-order valence-corrected chi connectivity index (χ1v) is 8.02. The van der Waals surface area contributed by atoms with Gasteiger partial charge in [0.25, 0.3) is 0 Å². The number of thioether (sulfide) groups is 1. The Morgan fingerprint density at radius 1 is 1.53 bits per heavy atom. The van der Waals surface area contributed by atoms with Gasteiger partial charge in [0.05, 0.1) is 11.8 Å². The van der Waals surface area contributed by atoms with E-state index in [9.17, 15) is 13.2 Å². The van der Waals surface area contributed by atoms with E-state index in [4.69, 9.17) is 5.73 Å². The van der Waals surface area contributed by atoms with Crippen molar-refractivity contribution in [3.05, 3.63) is 0 Å². The molecule has 90 valence electrons. The smallest absolute Gasteiger partial charge is 0.236 e. The van der Waals surface area contributed by atoms with Crippen LogP contribution >= 0.6 is 11.8 Å². The number of sulfone groups is 1. The number of nitrogens with one attached hydrogen (secondary N) is 1. The fourth-order valence-electron chi connectivity index (χ4n) is 0.867. The van der Waals surface area contributed by atoms with E-state index in [1.807, 2.05) is 6.26 Å². The van der Waals surface area contributed by atoms with E-state index in [2.05, 4.69) is 5.32 Å². The second-order valence-corrected chi connectivity index (χ2v) is 6.55. The van der Waals surface area contributed by atoms with Crippen LogP contribution in [0.2, 0.25) is 0 Å². The molecule has 0 spiro atoms. The van der Waals surface area contributed by atoms with Crippen LogP contribution in [-0.4, -0.2) is 50.9 Å². The molecule has 0 saturated carbocycles. The maximum absolute atomic E-state index is 11.3. The van der Waals surface area contributed by atoms with Gasteiger partial charge in [-0.1, -0.05) is 0 Å². The molecule has 15 heavy (non-hydrogen) atoms. The van der Waals surface area contributed by atoms with Crippen LogP contribution in [0.4, 0.5) is 0 Å². The average molecular weight is 254 g/mol. The van der Waals surface area contributed by atoms with Crippen LogP contribution in [-0.2, 0) is 14.6 Å². The van der Waals surface area contributed by atoms with Crippen molar-refractivity contribution in [2.75, 3.05) is 30.6 Å². The minimum Gasteiger partial charge on any atom is -0.354 e. The van der Waals surface area contributed by atoms with Crippen molar-refractivity contribution < 1.29 is 13.2 Å². The Morgan fingerprint density at radius 2 is 2.13 bits per heavy atom. The van der Waals surface area contributed by atoms with E-state index in [-0.39, 0.29) is 18.2 Å². The summed E-state index contributed by atoms with van der Waals surface area (Å²) in [7, 11) is -3.02.